The summed E-state index contributed by atoms with van der Waals surface area (Å²) in [5.41, 5.74) is 0. The second-order valence-corrected chi connectivity index (χ2v) is 3.22. The lowest BCUT2D eigenvalue weighted by molar-refractivity contribution is -0.176. The Bertz CT molecular complexity index is 214. The van der Waals surface area contributed by atoms with Crippen LogP contribution in [0.5, 0.6) is 0 Å². The number of esters is 2. The van der Waals surface area contributed by atoms with Crippen molar-refractivity contribution in [3.05, 3.63) is 12.2 Å². The van der Waals surface area contributed by atoms with Crippen molar-refractivity contribution in [2.75, 3.05) is 0 Å². The van der Waals surface area contributed by atoms with Crippen LogP contribution in [-0.4, -0.2) is 18.2 Å². The van der Waals surface area contributed by atoms with Gasteiger partial charge in [-0.05, 0) is 12.0 Å². The van der Waals surface area contributed by atoms with Crippen LogP contribution in [0.15, 0.2) is 12.2 Å². The van der Waals surface area contributed by atoms with Gasteiger partial charge in [-0.1, -0.05) is 19.9 Å². The maximum absolute atomic E-state index is 10.6. The van der Waals surface area contributed by atoms with Crippen LogP contribution in [-0.2, 0) is 19.1 Å². The first-order valence-electron chi connectivity index (χ1n) is 4.44. The van der Waals surface area contributed by atoms with E-state index in [-0.39, 0.29) is 0 Å². The van der Waals surface area contributed by atoms with E-state index in [1.54, 1.807) is 12.2 Å². The number of carbonyl (C=O) groups is 2. The van der Waals surface area contributed by atoms with Gasteiger partial charge in [-0.25, -0.2) is 0 Å². The Hall–Kier alpha value is -1.32. The molecule has 80 valence electrons. The molecule has 0 heterocycles. The molecule has 0 radical (unpaired) electrons. The van der Waals surface area contributed by atoms with E-state index in [9.17, 15) is 9.59 Å². The minimum atomic E-state index is -0.910. The van der Waals surface area contributed by atoms with Gasteiger partial charge in [0.25, 0.3) is 6.29 Å². The molecule has 0 aliphatic carbocycles. The summed E-state index contributed by atoms with van der Waals surface area (Å²) in [4.78, 5) is 21.3. The van der Waals surface area contributed by atoms with Crippen molar-refractivity contribution >= 4 is 11.9 Å². The fourth-order valence-corrected chi connectivity index (χ4v) is 0.743. The van der Waals surface area contributed by atoms with E-state index in [1.807, 2.05) is 13.8 Å². The molecule has 0 aromatic heterocycles. The molecule has 0 aliphatic rings. The van der Waals surface area contributed by atoms with Crippen molar-refractivity contribution in [2.24, 2.45) is 5.92 Å². The Kier molecular flexibility index (Phi) is 5.60. The van der Waals surface area contributed by atoms with Gasteiger partial charge in [0.2, 0.25) is 0 Å². The monoisotopic (exact) mass is 200 g/mol. The van der Waals surface area contributed by atoms with Crippen molar-refractivity contribution < 1.29 is 19.1 Å². The van der Waals surface area contributed by atoms with E-state index in [0.29, 0.717) is 5.92 Å². The lowest BCUT2D eigenvalue weighted by Gasteiger charge is -2.12. The molecule has 0 N–H and O–H groups in total. The van der Waals surface area contributed by atoms with Crippen molar-refractivity contribution in [1.82, 2.24) is 0 Å². The van der Waals surface area contributed by atoms with E-state index in [1.165, 1.54) is 13.8 Å². The van der Waals surface area contributed by atoms with Gasteiger partial charge in [-0.15, -0.1) is 0 Å². The molecule has 0 fully saturated rings. The topological polar surface area (TPSA) is 52.6 Å². The number of allylic oxidation sites excluding steroid dienone is 1. The van der Waals surface area contributed by atoms with Crippen LogP contribution in [0.25, 0.3) is 0 Å². The molecule has 0 spiro atoms. The average molecular weight is 200 g/mol. The third-order valence-electron chi connectivity index (χ3n) is 1.22. The van der Waals surface area contributed by atoms with Crippen molar-refractivity contribution in [3.8, 4) is 0 Å². The number of hydrogen-bond donors (Lipinski definition) is 0. The Morgan fingerprint density at radius 2 is 1.43 bits per heavy atom. The highest BCUT2D eigenvalue weighted by molar-refractivity contribution is 5.68. The quantitative estimate of drug-likeness (QED) is 0.393. The van der Waals surface area contributed by atoms with Gasteiger partial charge in [-0.3, -0.25) is 9.59 Å². The smallest absolute Gasteiger partial charge is 0.305 e. The molecule has 4 heteroatoms. The van der Waals surface area contributed by atoms with E-state index < -0.39 is 18.2 Å². The summed E-state index contributed by atoms with van der Waals surface area (Å²) >= 11 is 0. The maximum atomic E-state index is 10.6. The lowest BCUT2D eigenvalue weighted by atomic mass is 10.2. The van der Waals surface area contributed by atoms with Crippen LogP contribution >= 0.6 is 0 Å². The highest BCUT2D eigenvalue weighted by Gasteiger charge is 2.10. The summed E-state index contributed by atoms with van der Waals surface area (Å²) in [5, 5.41) is 0. The van der Waals surface area contributed by atoms with Crippen LogP contribution < -0.4 is 0 Å². The van der Waals surface area contributed by atoms with E-state index in [4.69, 9.17) is 9.47 Å². The predicted octanol–water partition coefficient (Wildman–Crippen LogP) is 1.65. The molecular weight excluding hydrogens is 184 g/mol. The molecular formula is C10H16O4. The van der Waals surface area contributed by atoms with E-state index >= 15 is 0 Å². The van der Waals surface area contributed by atoms with Gasteiger partial charge >= 0.3 is 11.9 Å². The molecule has 0 bridgehead atoms. The Morgan fingerprint density at radius 3 is 1.71 bits per heavy atom. The van der Waals surface area contributed by atoms with Crippen LogP contribution in [0.4, 0.5) is 0 Å². The van der Waals surface area contributed by atoms with Crippen LogP contribution in [0.1, 0.15) is 27.7 Å². The van der Waals surface area contributed by atoms with Crippen LogP contribution in [0, 0.1) is 5.92 Å². The molecule has 0 aromatic carbocycles. The standard InChI is InChI=1S/C10H16O4/c1-7(2)5-6-10(13-8(3)11)14-9(4)12/h5-7,10H,1-4H3/b6-5+. The molecule has 0 aromatic rings. The first-order chi connectivity index (χ1) is 6.41. The first kappa shape index (κ1) is 12.7. The zero-order valence-corrected chi connectivity index (χ0v) is 8.94. The zero-order valence-electron chi connectivity index (χ0n) is 8.94. The summed E-state index contributed by atoms with van der Waals surface area (Å²) in [6.07, 6.45) is 2.44. The fraction of sp³-hybridized carbons (Fsp3) is 0.600. The SMILES string of the molecule is CC(=O)OC(/C=C/C(C)C)OC(C)=O. The van der Waals surface area contributed by atoms with Crippen LogP contribution in [0.3, 0.4) is 0 Å². The highest BCUT2D eigenvalue weighted by atomic mass is 16.7. The van der Waals surface area contributed by atoms with E-state index in [2.05, 4.69) is 0 Å². The normalized spacial score (nSPS) is 11.0. The first-order valence-corrected chi connectivity index (χ1v) is 4.44. The Morgan fingerprint density at radius 1 is 1.00 bits per heavy atom. The summed E-state index contributed by atoms with van der Waals surface area (Å²) in [5.74, 6) is -0.655. The molecule has 0 saturated carbocycles. The van der Waals surface area contributed by atoms with Crippen molar-refractivity contribution in [2.45, 2.75) is 34.0 Å². The molecule has 0 amide bonds. The molecule has 0 saturated heterocycles. The number of carbonyl (C=O) groups excluding carboxylic acids is 2. The van der Waals surface area contributed by atoms with Gasteiger partial charge in [0.05, 0.1) is 0 Å². The molecule has 4 nitrogen and oxygen atoms in total. The summed E-state index contributed by atoms with van der Waals surface area (Å²) in [6.45, 7) is 6.46. The molecule has 0 atom stereocenters. The lowest BCUT2D eigenvalue weighted by Crippen LogP contribution is -2.20. The minimum Gasteiger partial charge on any atom is -0.421 e. The maximum Gasteiger partial charge on any atom is 0.305 e. The highest BCUT2D eigenvalue weighted by Crippen LogP contribution is 2.02. The Balaban J connectivity index is 4.24. The third kappa shape index (κ3) is 7.34. The average Bonchev–Trinajstić information content (AvgIpc) is 1.97. The van der Waals surface area contributed by atoms with Crippen molar-refractivity contribution in [1.29, 1.82) is 0 Å². The molecule has 0 rings (SSSR count). The fourth-order valence-electron chi connectivity index (χ4n) is 0.743. The summed E-state index contributed by atoms with van der Waals surface area (Å²) in [6, 6.07) is 0. The largest absolute Gasteiger partial charge is 0.421 e. The second-order valence-electron chi connectivity index (χ2n) is 3.22. The number of ether oxygens (including phenoxy) is 2. The Labute approximate surface area is 83.9 Å². The van der Waals surface area contributed by atoms with E-state index in [0.717, 1.165) is 0 Å². The second kappa shape index (κ2) is 6.18. The van der Waals surface area contributed by atoms with Gasteiger partial charge in [-0.2, -0.15) is 0 Å². The number of hydrogen-bond acceptors (Lipinski definition) is 4. The summed E-state index contributed by atoms with van der Waals surface area (Å²) in [7, 11) is 0. The van der Waals surface area contributed by atoms with Crippen LogP contribution in [0.2, 0.25) is 0 Å². The van der Waals surface area contributed by atoms with Crippen molar-refractivity contribution in [3.63, 3.8) is 0 Å². The van der Waals surface area contributed by atoms with Gasteiger partial charge in [0, 0.05) is 13.8 Å². The third-order valence-corrected chi connectivity index (χ3v) is 1.22. The molecule has 14 heavy (non-hydrogen) atoms. The summed E-state index contributed by atoms with van der Waals surface area (Å²) < 4.78 is 9.49. The van der Waals surface area contributed by atoms with Gasteiger partial charge in [0.15, 0.2) is 0 Å². The van der Waals surface area contributed by atoms with Gasteiger partial charge < -0.3 is 9.47 Å². The molecule has 0 unspecified atom stereocenters. The minimum absolute atomic E-state index is 0.309. The zero-order chi connectivity index (χ0) is 11.1. The predicted molar refractivity (Wildman–Crippen MR) is 51.3 cm³/mol. The number of rotatable bonds is 4. The van der Waals surface area contributed by atoms with Gasteiger partial charge in [0.1, 0.15) is 0 Å². The molecule has 0 aliphatic heterocycles.